The molecule has 4 rings (SSSR count). The minimum atomic E-state index is 0.225. The van der Waals surface area contributed by atoms with Gasteiger partial charge in [-0.15, -0.1) is 0 Å². The molecule has 0 spiro atoms. The maximum atomic E-state index is 6.38. The SMILES string of the molecule is CC1CN2CCCCC2CN1C1CC(N)c2ccccc21. The van der Waals surface area contributed by atoms with Crippen molar-refractivity contribution in [3.8, 4) is 0 Å². The molecule has 2 aliphatic heterocycles. The third kappa shape index (κ3) is 2.32. The zero-order valence-corrected chi connectivity index (χ0v) is 13.0. The summed E-state index contributed by atoms with van der Waals surface area (Å²) in [7, 11) is 0. The Morgan fingerprint density at radius 2 is 1.90 bits per heavy atom. The van der Waals surface area contributed by atoms with Crippen LogP contribution in [0.25, 0.3) is 0 Å². The van der Waals surface area contributed by atoms with E-state index in [1.54, 1.807) is 0 Å². The van der Waals surface area contributed by atoms with Crippen molar-refractivity contribution >= 4 is 0 Å². The van der Waals surface area contributed by atoms with Crippen LogP contribution in [0, 0.1) is 0 Å². The van der Waals surface area contributed by atoms with Gasteiger partial charge in [0.25, 0.3) is 0 Å². The molecule has 0 saturated carbocycles. The van der Waals surface area contributed by atoms with E-state index in [4.69, 9.17) is 5.73 Å². The first-order valence-corrected chi connectivity index (χ1v) is 8.58. The Balaban J connectivity index is 1.59. The molecule has 3 aliphatic rings. The van der Waals surface area contributed by atoms with Crippen LogP contribution in [0.3, 0.4) is 0 Å². The van der Waals surface area contributed by atoms with E-state index in [2.05, 4.69) is 41.0 Å². The summed E-state index contributed by atoms with van der Waals surface area (Å²) >= 11 is 0. The Morgan fingerprint density at radius 1 is 1.10 bits per heavy atom. The standard InChI is InChI=1S/C18H27N3/c1-13-11-20-9-5-4-6-14(20)12-21(13)18-10-17(19)15-7-2-3-8-16(15)18/h2-3,7-8,13-14,17-18H,4-6,9-12,19H2,1H3. The number of piperidine rings is 1. The summed E-state index contributed by atoms with van der Waals surface area (Å²) in [5.74, 6) is 0. The lowest BCUT2D eigenvalue weighted by Crippen LogP contribution is -2.59. The van der Waals surface area contributed by atoms with Crippen molar-refractivity contribution in [1.82, 2.24) is 9.80 Å². The average Bonchev–Trinajstić information content (AvgIpc) is 2.84. The van der Waals surface area contributed by atoms with E-state index in [0.717, 1.165) is 12.5 Å². The van der Waals surface area contributed by atoms with Gasteiger partial charge >= 0.3 is 0 Å². The van der Waals surface area contributed by atoms with Gasteiger partial charge in [-0.3, -0.25) is 9.80 Å². The van der Waals surface area contributed by atoms with Crippen molar-refractivity contribution < 1.29 is 0 Å². The number of fused-ring (bicyclic) bond motifs is 2. The van der Waals surface area contributed by atoms with Crippen LogP contribution in [-0.4, -0.2) is 41.5 Å². The molecule has 1 aliphatic carbocycles. The molecule has 3 nitrogen and oxygen atoms in total. The maximum Gasteiger partial charge on any atom is 0.0373 e. The van der Waals surface area contributed by atoms with Crippen LogP contribution in [0.4, 0.5) is 0 Å². The highest BCUT2D eigenvalue weighted by Gasteiger charge is 2.40. The predicted molar refractivity (Wildman–Crippen MR) is 86.1 cm³/mol. The number of rotatable bonds is 1. The summed E-state index contributed by atoms with van der Waals surface area (Å²) in [6.07, 6.45) is 5.27. The van der Waals surface area contributed by atoms with Gasteiger partial charge in [-0.05, 0) is 43.9 Å². The van der Waals surface area contributed by atoms with Gasteiger partial charge in [0.15, 0.2) is 0 Å². The first-order chi connectivity index (χ1) is 10.2. The third-order valence-corrected chi connectivity index (χ3v) is 5.87. The number of hydrogen-bond donors (Lipinski definition) is 1. The lowest BCUT2D eigenvalue weighted by atomic mass is 9.94. The lowest BCUT2D eigenvalue weighted by molar-refractivity contribution is -0.00910. The van der Waals surface area contributed by atoms with Crippen molar-refractivity contribution in [2.24, 2.45) is 5.73 Å². The van der Waals surface area contributed by atoms with E-state index < -0.39 is 0 Å². The van der Waals surface area contributed by atoms with Crippen LogP contribution in [0.5, 0.6) is 0 Å². The zero-order valence-electron chi connectivity index (χ0n) is 13.0. The van der Waals surface area contributed by atoms with Gasteiger partial charge in [0.2, 0.25) is 0 Å². The van der Waals surface area contributed by atoms with E-state index in [-0.39, 0.29) is 6.04 Å². The Labute approximate surface area is 128 Å². The number of hydrogen-bond acceptors (Lipinski definition) is 3. The van der Waals surface area contributed by atoms with Gasteiger partial charge in [-0.1, -0.05) is 30.7 Å². The Hall–Kier alpha value is -0.900. The summed E-state index contributed by atoms with van der Waals surface area (Å²) in [5.41, 5.74) is 9.25. The van der Waals surface area contributed by atoms with Crippen molar-refractivity contribution in [2.75, 3.05) is 19.6 Å². The second kappa shape index (κ2) is 5.38. The fraction of sp³-hybridized carbons (Fsp3) is 0.667. The highest BCUT2D eigenvalue weighted by Crippen LogP contribution is 2.43. The van der Waals surface area contributed by atoms with Crippen LogP contribution in [0.2, 0.25) is 0 Å². The minimum Gasteiger partial charge on any atom is -0.324 e. The molecule has 4 atom stereocenters. The molecule has 0 bridgehead atoms. The monoisotopic (exact) mass is 285 g/mol. The van der Waals surface area contributed by atoms with E-state index in [1.807, 2.05) is 0 Å². The Morgan fingerprint density at radius 3 is 2.76 bits per heavy atom. The molecule has 1 aromatic rings. The predicted octanol–water partition coefficient (Wildman–Crippen LogP) is 2.69. The Kier molecular flexibility index (Phi) is 3.52. The van der Waals surface area contributed by atoms with Crippen LogP contribution >= 0.6 is 0 Å². The quantitative estimate of drug-likeness (QED) is 0.861. The fourth-order valence-corrected chi connectivity index (χ4v) is 4.77. The largest absolute Gasteiger partial charge is 0.324 e. The molecule has 2 saturated heterocycles. The molecule has 3 heteroatoms. The molecule has 0 amide bonds. The summed E-state index contributed by atoms with van der Waals surface area (Å²) in [6.45, 7) is 6.17. The number of piperazine rings is 1. The lowest BCUT2D eigenvalue weighted by Gasteiger charge is -2.49. The molecule has 21 heavy (non-hydrogen) atoms. The maximum absolute atomic E-state index is 6.38. The number of benzene rings is 1. The van der Waals surface area contributed by atoms with Crippen molar-refractivity contribution in [3.05, 3.63) is 35.4 Å². The van der Waals surface area contributed by atoms with Crippen molar-refractivity contribution in [2.45, 2.75) is 56.8 Å². The highest BCUT2D eigenvalue weighted by molar-refractivity contribution is 5.37. The second-order valence-electron chi connectivity index (χ2n) is 7.18. The molecular formula is C18H27N3. The highest BCUT2D eigenvalue weighted by atomic mass is 15.3. The third-order valence-electron chi connectivity index (χ3n) is 5.87. The van der Waals surface area contributed by atoms with Gasteiger partial charge in [0.1, 0.15) is 0 Å². The normalized spacial score (nSPS) is 37.2. The van der Waals surface area contributed by atoms with Crippen LogP contribution < -0.4 is 5.73 Å². The molecule has 114 valence electrons. The van der Waals surface area contributed by atoms with Crippen LogP contribution in [0.15, 0.2) is 24.3 Å². The minimum absolute atomic E-state index is 0.225. The van der Waals surface area contributed by atoms with Gasteiger partial charge in [-0.2, -0.15) is 0 Å². The molecule has 1 aromatic carbocycles. The van der Waals surface area contributed by atoms with E-state index in [9.17, 15) is 0 Å². The number of nitrogens with zero attached hydrogens (tertiary/aromatic N) is 2. The molecule has 2 fully saturated rings. The first kappa shape index (κ1) is 13.7. The van der Waals surface area contributed by atoms with Crippen molar-refractivity contribution in [1.29, 1.82) is 0 Å². The van der Waals surface area contributed by atoms with Gasteiger partial charge in [0, 0.05) is 37.3 Å². The smallest absolute Gasteiger partial charge is 0.0373 e. The zero-order chi connectivity index (χ0) is 14.4. The van der Waals surface area contributed by atoms with Gasteiger partial charge in [-0.25, -0.2) is 0 Å². The van der Waals surface area contributed by atoms with Crippen LogP contribution in [-0.2, 0) is 0 Å². The van der Waals surface area contributed by atoms with Gasteiger partial charge in [0.05, 0.1) is 0 Å². The molecule has 2 heterocycles. The molecule has 2 N–H and O–H groups in total. The van der Waals surface area contributed by atoms with E-state index in [1.165, 1.54) is 50.0 Å². The summed E-state index contributed by atoms with van der Waals surface area (Å²) in [4.78, 5) is 5.48. The topological polar surface area (TPSA) is 32.5 Å². The molecular weight excluding hydrogens is 258 g/mol. The molecule has 4 unspecified atom stereocenters. The first-order valence-electron chi connectivity index (χ1n) is 8.58. The van der Waals surface area contributed by atoms with E-state index >= 15 is 0 Å². The summed E-state index contributed by atoms with van der Waals surface area (Å²) < 4.78 is 0. The number of nitrogens with two attached hydrogens (primary N) is 1. The fourth-order valence-electron chi connectivity index (χ4n) is 4.77. The summed E-state index contributed by atoms with van der Waals surface area (Å²) in [5, 5.41) is 0. The Bertz CT molecular complexity index is 515. The van der Waals surface area contributed by atoms with Crippen LogP contribution in [0.1, 0.15) is 55.8 Å². The average molecular weight is 285 g/mol. The van der Waals surface area contributed by atoms with Crippen molar-refractivity contribution in [3.63, 3.8) is 0 Å². The molecule has 0 radical (unpaired) electrons. The molecule has 0 aromatic heterocycles. The summed E-state index contributed by atoms with van der Waals surface area (Å²) in [6, 6.07) is 11.0. The second-order valence-corrected chi connectivity index (χ2v) is 7.18. The van der Waals surface area contributed by atoms with E-state index in [0.29, 0.717) is 12.1 Å². The van der Waals surface area contributed by atoms with Gasteiger partial charge < -0.3 is 5.73 Å².